The predicted octanol–water partition coefficient (Wildman–Crippen LogP) is 6.10. The predicted molar refractivity (Wildman–Crippen MR) is 120 cm³/mol. The molecule has 0 bridgehead atoms. The molecule has 0 spiro atoms. The SMILES string of the molecule is Cc1ccc(-c2[nH]ncc2C=Nc2sccc2C(=O)Nc2ccc(Cl)cc2)cc1. The number of carbonyl (C=O) groups excluding carboxylic acids is 1. The van der Waals surface area contributed by atoms with E-state index in [2.05, 4.69) is 32.6 Å². The van der Waals surface area contributed by atoms with Gasteiger partial charge in [0.05, 0.1) is 17.5 Å². The molecule has 2 aromatic heterocycles. The van der Waals surface area contributed by atoms with Gasteiger partial charge in [0.25, 0.3) is 5.91 Å². The summed E-state index contributed by atoms with van der Waals surface area (Å²) in [6, 6.07) is 16.9. The number of H-pyrrole nitrogens is 1. The van der Waals surface area contributed by atoms with Gasteiger partial charge in [-0.15, -0.1) is 11.3 Å². The van der Waals surface area contributed by atoms with E-state index in [1.807, 2.05) is 24.4 Å². The lowest BCUT2D eigenvalue weighted by Gasteiger charge is -2.04. The van der Waals surface area contributed by atoms with Gasteiger partial charge in [0.1, 0.15) is 5.00 Å². The lowest BCUT2D eigenvalue weighted by Crippen LogP contribution is -2.10. The number of aromatic nitrogens is 2. The standard InChI is InChI=1S/C22H17ClN4OS/c1-14-2-4-15(5-3-14)20-16(13-25-27-20)12-24-22-19(10-11-29-22)21(28)26-18-8-6-17(23)7-9-18/h2-13H,1H3,(H,25,27)(H,26,28). The van der Waals surface area contributed by atoms with Crippen molar-refractivity contribution in [3.8, 4) is 11.3 Å². The maximum absolute atomic E-state index is 12.6. The smallest absolute Gasteiger partial charge is 0.258 e. The van der Waals surface area contributed by atoms with Crippen molar-refractivity contribution in [2.24, 2.45) is 4.99 Å². The normalized spacial score (nSPS) is 11.1. The number of nitrogens with zero attached hydrogens (tertiary/aromatic N) is 2. The number of amides is 1. The van der Waals surface area contributed by atoms with Crippen molar-refractivity contribution in [1.29, 1.82) is 0 Å². The molecule has 0 atom stereocenters. The number of nitrogens with one attached hydrogen (secondary N) is 2. The molecule has 0 radical (unpaired) electrons. The molecule has 0 fully saturated rings. The van der Waals surface area contributed by atoms with Crippen LogP contribution in [0.2, 0.25) is 5.02 Å². The van der Waals surface area contributed by atoms with E-state index < -0.39 is 0 Å². The van der Waals surface area contributed by atoms with Crippen LogP contribution >= 0.6 is 22.9 Å². The van der Waals surface area contributed by atoms with Gasteiger partial charge in [-0.1, -0.05) is 41.4 Å². The highest BCUT2D eigenvalue weighted by atomic mass is 35.5. The summed E-state index contributed by atoms with van der Waals surface area (Å²) in [5.74, 6) is -0.216. The van der Waals surface area contributed by atoms with Gasteiger partial charge in [-0.2, -0.15) is 5.10 Å². The van der Waals surface area contributed by atoms with Gasteiger partial charge in [0.15, 0.2) is 0 Å². The summed E-state index contributed by atoms with van der Waals surface area (Å²) in [6.07, 6.45) is 3.45. The summed E-state index contributed by atoms with van der Waals surface area (Å²) in [4.78, 5) is 17.2. The Hall–Kier alpha value is -3.22. The average Bonchev–Trinajstić information content (AvgIpc) is 3.38. The summed E-state index contributed by atoms with van der Waals surface area (Å²) < 4.78 is 0. The first kappa shape index (κ1) is 19.1. The van der Waals surface area contributed by atoms with Crippen LogP contribution in [0, 0.1) is 6.92 Å². The zero-order chi connectivity index (χ0) is 20.2. The Morgan fingerprint density at radius 3 is 2.66 bits per heavy atom. The van der Waals surface area contributed by atoms with Crippen LogP contribution in [0.3, 0.4) is 0 Å². The minimum absolute atomic E-state index is 0.216. The van der Waals surface area contributed by atoms with Crippen molar-refractivity contribution < 1.29 is 4.79 Å². The summed E-state index contributed by atoms with van der Waals surface area (Å²) in [6.45, 7) is 2.05. The van der Waals surface area contributed by atoms with E-state index in [0.717, 1.165) is 16.8 Å². The van der Waals surface area contributed by atoms with Gasteiger partial charge in [-0.25, -0.2) is 4.99 Å². The Morgan fingerprint density at radius 1 is 1.14 bits per heavy atom. The van der Waals surface area contributed by atoms with E-state index in [4.69, 9.17) is 11.6 Å². The minimum Gasteiger partial charge on any atom is -0.322 e. The monoisotopic (exact) mass is 420 g/mol. The molecule has 4 aromatic rings. The molecular weight excluding hydrogens is 404 g/mol. The largest absolute Gasteiger partial charge is 0.322 e. The van der Waals surface area contributed by atoms with Crippen LogP contribution in [0.1, 0.15) is 21.5 Å². The third kappa shape index (κ3) is 4.45. The van der Waals surface area contributed by atoms with E-state index >= 15 is 0 Å². The van der Waals surface area contributed by atoms with E-state index in [9.17, 15) is 4.79 Å². The van der Waals surface area contributed by atoms with Crippen molar-refractivity contribution in [2.75, 3.05) is 5.32 Å². The molecule has 1 amide bonds. The highest BCUT2D eigenvalue weighted by Crippen LogP contribution is 2.28. The quantitative estimate of drug-likeness (QED) is 0.383. The maximum Gasteiger partial charge on any atom is 0.258 e. The Bertz CT molecular complexity index is 1160. The Balaban J connectivity index is 1.54. The molecule has 2 N–H and O–H groups in total. The fraction of sp³-hybridized carbons (Fsp3) is 0.0455. The molecule has 0 saturated carbocycles. The van der Waals surface area contributed by atoms with E-state index in [-0.39, 0.29) is 5.91 Å². The van der Waals surface area contributed by atoms with Crippen LogP contribution in [0.15, 0.2) is 71.2 Å². The molecule has 0 saturated heterocycles. The molecule has 0 unspecified atom stereocenters. The first-order chi connectivity index (χ1) is 14.1. The number of aromatic amines is 1. The maximum atomic E-state index is 12.6. The third-order valence-corrected chi connectivity index (χ3v) is 5.39. The lowest BCUT2D eigenvalue weighted by molar-refractivity contribution is 0.102. The Kier molecular flexibility index (Phi) is 5.55. The molecule has 0 aliphatic heterocycles. The molecule has 5 nitrogen and oxygen atoms in total. The number of anilines is 1. The lowest BCUT2D eigenvalue weighted by atomic mass is 10.1. The number of thiophene rings is 1. The molecule has 7 heteroatoms. The van der Waals surface area contributed by atoms with Crippen molar-refractivity contribution >= 4 is 45.7 Å². The molecule has 29 heavy (non-hydrogen) atoms. The first-order valence-electron chi connectivity index (χ1n) is 8.89. The second kappa shape index (κ2) is 8.43. The zero-order valence-corrected chi connectivity index (χ0v) is 17.1. The molecule has 2 aromatic carbocycles. The molecular formula is C22H17ClN4OS. The fourth-order valence-electron chi connectivity index (χ4n) is 2.78. The van der Waals surface area contributed by atoms with Gasteiger partial charge in [-0.3, -0.25) is 9.89 Å². The van der Waals surface area contributed by atoms with E-state index in [0.29, 0.717) is 21.3 Å². The van der Waals surface area contributed by atoms with Crippen molar-refractivity contribution in [3.63, 3.8) is 0 Å². The number of carbonyl (C=O) groups is 1. The first-order valence-corrected chi connectivity index (χ1v) is 10.1. The Labute approximate surface area is 177 Å². The topological polar surface area (TPSA) is 70.1 Å². The van der Waals surface area contributed by atoms with Gasteiger partial charge < -0.3 is 5.32 Å². The fourth-order valence-corrected chi connectivity index (χ4v) is 3.64. The van der Waals surface area contributed by atoms with Gasteiger partial charge in [0, 0.05) is 28.1 Å². The van der Waals surface area contributed by atoms with Crippen LogP contribution < -0.4 is 5.32 Å². The summed E-state index contributed by atoms with van der Waals surface area (Å²) in [5.41, 5.74) is 5.15. The van der Waals surface area contributed by atoms with Crippen molar-refractivity contribution in [2.45, 2.75) is 6.92 Å². The average molecular weight is 421 g/mol. The van der Waals surface area contributed by atoms with Gasteiger partial charge in [0.2, 0.25) is 0 Å². The number of benzene rings is 2. The highest BCUT2D eigenvalue weighted by molar-refractivity contribution is 7.14. The zero-order valence-electron chi connectivity index (χ0n) is 15.5. The van der Waals surface area contributed by atoms with Crippen molar-refractivity contribution in [1.82, 2.24) is 10.2 Å². The second-order valence-electron chi connectivity index (χ2n) is 6.43. The third-order valence-electron chi connectivity index (χ3n) is 4.32. The van der Waals surface area contributed by atoms with Crippen LogP contribution in [0.5, 0.6) is 0 Å². The molecule has 4 rings (SSSR count). The molecule has 0 aliphatic rings. The van der Waals surface area contributed by atoms with Gasteiger partial charge in [-0.05, 0) is 42.6 Å². The number of rotatable bonds is 5. The Morgan fingerprint density at radius 2 is 1.90 bits per heavy atom. The van der Waals surface area contributed by atoms with E-state index in [1.165, 1.54) is 16.9 Å². The number of hydrogen-bond donors (Lipinski definition) is 2. The van der Waals surface area contributed by atoms with E-state index in [1.54, 1.807) is 42.7 Å². The number of aryl methyl sites for hydroxylation is 1. The molecule has 2 heterocycles. The van der Waals surface area contributed by atoms with Crippen LogP contribution in [0.4, 0.5) is 10.7 Å². The summed E-state index contributed by atoms with van der Waals surface area (Å²) in [7, 11) is 0. The highest BCUT2D eigenvalue weighted by Gasteiger charge is 2.13. The van der Waals surface area contributed by atoms with Crippen LogP contribution in [0.25, 0.3) is 11.3 Å². The second-order valence-corrected chi connectivity index (χ2v) is 7.76. The van der Waals surface area contributed by atoms with Gasteiger partial charge >= 0.3 is 0 Å². The van der Waals surface area contributed by atoms with Crippen molar-refractivity contribution in [3.05, 3.63) is 87.9 Å². The number of halogens is 1. The minimum atomic E-state index is -0.216. The molecule has 0 aliphatic carbocycles. The molecule has 144 valence electrons. The van der Waals surface area contributed by atoms with Crippen LogP contribution in [-0.2, 0) is 0 Å². The summed E-state index contributed by atoms with van der Waals surface area (Å²) >= 11 is 7.30. The number of hydrogen-bond acceptors (Lipinski definition) is 4. The van der Waals surface area contributed by atoms with Crippen LogP contribution in [-0.4, -0.2) is 22.3 Å². The number of aliphatic imine (C=N–C) groups is 1. The summed E-state index contributed by atoms with van der Waals surface area (Å²) in [5, 5.41) is 13.1.